The van der Waals surface area contributed by atoms with Gasteiger partial charge in [0.1, 0.15) is 5.67 Å². The van der Waals surface area contributed by atoms with Crippen molar-refractivity contribution in [2.45, 2.75) is 44.3 Å². The minimum atomic E-state index is -1.20. The highest BCUT2D eigenvalue weighted by Gasteiger charge is 2.38. The van der Waals surface area contributed by atoms with Gasteiger partial charge in [-0.05, 0) is 43.8 Å². The van der Waals surface area contributed by atoms with Gasteiger partial charge in [0.05, 0.1) is 10.6 Å². The van der Waals surface area contributed by atoms with E-state index in [0.717, 1.165) is 23.4 Å². The summed E-state index contributed by atoms with van der Waals surface area (Å²) in [6, 6.07) is 1.86. The molecule has 0 saturated heterocycles. The first-order valence-corrected chi connectivity index (χ1v) is 5.76. The number of aryl methyl sites for hydroxylation is 1. The van der Waals surface area contributed by atoms with Gasteiger partial charge in [0.25, 0.3) is 0 Å². The highest BCUT2D eigenvalue weighted by molar-refractivity contribution is 7.06. The largest absolute Gasteiger partial charge is 0.328 e. The van der Waals surface area contributed by atoms with Crippen molar-refractivity contribution in [2.24, 2.45) is 5.73 Å². The maximum Gasteiger partial charge on any atom is 0.148 e. The van der Waals surface area contributed by atoms with Gasteiger partial charge in [-0.15, -0.1) is 0 Å². The summed E-state index contributed by atoms with van der Waals surface area (Å²) in [5.41, 5.74) is 5.50. The predicted octanol–water partition coefficient (Wildman–Crippen LogP) is 2.52. The molecular formula is C10H15FN2S. The molecule has 78 valence electrons. The monoisotopic (exact) mass is 214 g/mol. The highest BCUT2D eigenvalue weighted by Crippen LogP contribution is 2.42. The Morgan fingerprint density at radius 2 is 2.50 bits per heavy atom. The van der Waals surface area contributed by atoms with Crippen molar-refractivity contribution in [2.75, 3.05) is 0 Å². The number of alkyl halides is 1. The first kappa shape index (κ1) is 10.1. The van der Waals surface area contributed by atoms with Gasteiger partial charge >= 0.3 is 0 Å². The lowest BCUT2D eigenvalue weighted by molar-refractivity contribution is 0.0988. The van der Waals surface area contributed by atoms with Crippen LogP contribution in [0.5, 0.6) is 0 Å². The van der Waals surface area contributed by atoms with E-state index in [0.29, 0.717) is 12.8 Å². The smallest absolute Gasteiger partial charge is 0.148 e. The lowest BCUT2D eigenvalue weighted by atomic mass is 9.82. The molecule has 1 aromatic rings. The molecule has 0 spiro atoms. The number of nitrogens with zero attached hydrogens (tertiary/aromatic N) is 1. The van der Waals surface area contributed by atoms with Crippen molar-refractivity contribution in [3.05, 3.63) is 16.6 Å². The Labute approximate surface area is 87.5 Å². The molecule has 1 aliphatic carbocycles. The molecule has 0 bridgehead atoms. The zero-order valence-corrected chi connectivity index (χ0v) is 9.11. The second kappa shape index (κ2) is 3.59. The van der Waals surface area contributed by atoms with Crippen LogP contribution in [0.25, 0.3) is 0 Å². The van der Waals surface area contributed by atoms with Crippen LogP contribution in [-0.4, -0.2) is 10.4 Å². The van der Waals surface area contributed by atoms with Gasteiger partial charge in [-0.3, -0.25) is 0 Å². The van der Waals surface area contributed by atoms with Crippen molar-refractivity contribution < 1.29 is 4.39 Å². The summed E-state index contributed by atoms with van der Waals surface area (Å²) in [6.45, 7) is 1.89. The average Bonchev–Trinajstić information content (AvgIpc) is 2.52. The summed E-state index contributed by atoms with van der Waals surface area (Å²) < 4.78 is 18.6. The normalized spacial score (nSPS) is 33.2. The SMILES string of the molecule is Cc1cc(C2(F)CCCC(N)C2)sn1. The molecule has 2 N–H and O–H groups in total. The standard InChI is InChI=1S/C10H15FN2S/c1-7-5-9(14-13-7)10(11)4-2-3-8(12)6-10/h5,8H,2-4,6,12H2,1H3. The fraction of sp³-hybridized carbons (Fsp3) is 0.700. The van der Waals surface area contributed by atoms with Gasteiger partial charge in [-0.2, -0.15) is 4.37 Å². The van der Waals surface area contributed by atoms with Crippen LogP contribution in [0.15, 0.2) is 6.07 Å². The summed E-state index contributed by atoms with van der Waals surface area (Å²) in [5, 5.41) is 0. The van der Waals surface area contributed by atoms with Crippen LogP contribution < -0.4 is 5.73 Å². The van der Waals surface area contributed by atoms with E-state index in [2.05, 4.69) is 4.37 Å². The zero-order valence-electron chi connectivity index (χ0n) is 8.29. The van der Waals surface area contributed by atoms with E-state index < -0.39 is 5.67 Å². The third-order valence-electron chi connectivity index (χ3n) is 2.80. The lowest BCUT2D eigenvalue weighted by Crippen LogP contribution is -2.35. The first-order valence-electron chi connectivity index (χ1n) is 4.98. The molecule has 14 heavy (non-hydrogen) atoms. The second-order valence-corrected chi connectivity index (χ2v) is 4.96. The number of hydrogen-bond acceptors (Lipinski definition) is 3. The summed E-state index contributed by atoms with van der Waals surface area (Å²) >= 11 is 1.28. The van der Waals surface area contributed by atoms with Crippen LogP contribution in [0.2, 0.25) is 0 Å². The fourth-order valence-corrected chi connectivity index (χ4v) is 2.93. The molecule has 1 aliphatic rings. The Morgan fingerprint density at radius 1 is 1.71 bits per heavy atom. The maximum atomic E-state index is 14.5. The van der Waals surface area contributed by atoms with Gasteiger partial charge in [-0.1, -0.05) is 0 Å². The van der Waals surface area contributed by atoms with E-state index in [4.69, 9.17) is 5.73 Å². The Bertz CT molecular complexity index is 326. The quantitative estimate of drug-likeness (QED) is 0.780. The molecule has 0 aliphatic heterocycles. The van der Waals surface area contributed by atoms with Crippen LogP contribution in [-0.2, 0) is 5.67 Å². The van der Waals surface area contributed by atoms with Gasteiger partial charge in [-0.25, -0.2) is 4.39 Å². The van der Waals surface area contributed by atoms with Crippen molar-refractivity contribution in [1.29, 1.82) is 0 Å². The van der Waals surface area contributed by atoms with Crippen molar-refractivity contribution in [1.82, 2.24) is 4.37 Å². The summed E-state index contributed by atoms with van der Waals surface area (Å²) in [4.78, 5) is 0.755. The summed E-state index contributed by atoms with van der Waals surface area (Å²) in [6.07, 6.45) is 2.88. The molecule has 0 radical (unpaired) electrons. The molecule has 4 heteroatoms. The average molecular weight is 214 g/mol. The molecule has 1 saturated carbocycles. The Kier molecular flexibility index (Phi) is 2.58. The molecule has 1 heterocycles. The van der Waals surface area contributed by atoms with Crippen molar-refractivity contribution in [3.8, 4) is 0 Å². The third kappa shape index (κ3) is 1.81. The van der Waals surface area contributed by atoms with E-state index in [-0.39, 0.29) is 6.04 Å². The molecule has 0 amide bonds. The fourth-order valence-electron chi connectivity index (χ4n) is 2.06. The van der Waals surface area contributed by atoms with Crippen LogP contribution in [0.4, 0.5) is 4.39 Å². The third-order valence-corrected chi connectivity index (χ3v) is 3.86. The van der Waals surface area contributed by atoms with Gasteiger partial charge in [0.2, 0.25) is 0 Å². The minimum Gasteiger partial charge on any atom is -0.328 e. The van der Waals surface area contributed by atoms with Crippen molar-refractivity contribution >= 4 is 11.5 Å². The summed E-state index contributed by atoms with van der Waals surface area (Å²) in [7, 11) is 0. The Balaban J connectivity index is 2.22. The van der Waals surface area contributed by atoms with Gasteiger partial charge in [0, 0.05) is 12.5 Å². The van der Waals surface area contributed by atoms with E-state index in [1.165, 1.54) is 11.5 Å². The zero-order chi connectivity index (χ0) is 10.2. The van der Waals surface area contributed by atoms with Gasteiger partial charge < -0.3 is 5.73 Å². The number of halogens is 1. The highest BCUT2D eigenvalue weighted by atomic mass is 32.1. The lowest BCUT2D eigenvalue weighted by Gasteiger charge is -2.31. The number of hydrogen-bond donors (Lipinski definition) is 1. The topological polar surface area (TPSA) is 38.9 Å². The van der Waals surface area contributed by atoms with E-state index in [9.17, 15) is 4.39 Å². The number of nitrogens with two attached hydrogens (primary N) is 1. The molecular weight excluding hydrogens is 199 g/mol. The van der Waals surface area contributed by atoms with Gasteiger partial charge in [0.15, 0.2) is 0 Å². The Morgan fingerprint density at radius 3 is 3.07 bits per heavy atom. The van der Waals surface area contributed by atoms with Crippen LogP contribution in [0, 0.1) is 6.92 Å². The summed E-state index contributed by atoms with van der Waals surface area (Å²) in [5.74, 6) is 0. The molecule has 2 rings (SSSR count). The molecule has 2 nitrogen and oxygen atoms in total. The maximum absolute atomic E-state index is 14.5. The van der Waals surface area contributed by atoms with Crippen LogP contribution >= 0.6 is 11.5 Å². The predicted molar refractivity (Wildman–Crippen MR) is 56.1 cm³/mol. The molecule has 2 unspecified atom stereocenters. The molecule has 0 aromatic carbocycles. The molecule has 1 fully saturated rings. The van der Waals surface area contributed by atoms with E-state index in [1.807, 2.05) is 13.0 Å². The van der Waals surface area contributed by atoms with E-state index in [1.54, 1.807) is 0 Å². The Hall–Kier alpha value is -0.480. The first-order chi connectivity index (χ1) is 6.60. The second-order valence-electron chi connectivity index (χ2n) is 4.15. The van der Waals surface area contributed by atoms with E-state index >= 15 is 0 Å². The van der Waals surface area contributed by atoms with Crippen LogP contribution in [0.3, 0.4) is 0 Å². The molecule has 2 atom stereocenters. The van der Waals surface area contributed by atoms with Crippen LogP contribution in [0.1, 0.15) is 36.3 Å². The minimum absolute atomic E-state index is 0.0103. The number of rotatable bonds is 1. The molecule has 1 aromatic heterocycles. The van der Waals surface area contributed by atoms with Crippen molar-refractivity contribution in [3.63, 3.8) is 0 Å². The number of aromatic nitrogens is 1.